The first-order chi connectivity index (χ1) is 9.34. The number of anilines is 1. The van der Waals surface area contributed by atoms with Crippen molar-refractivity contribution in [1.82, 2.24) is 4.31 Å². The van der Waals surface area contributed by atoms with Gasteiger partial charge in [0.1, 0.15) is 4.90 Å². The number of nitrogens with two attached hydrogens (primary N) is 1. The van der Waals surface area contributed by atoms with Crippen molar-refractivity contribution in [3.05, 3.63) is 23.0 Å². The number of aliphatic hydroxyl groups is 1. The molecule has 5 nitrogen and oxygen atoms in total. The fourth-order valence-electron chi connectivity index (χ4n) is 1.71. The van der Waals surface area contributed by atoms with E-state index < -0.39 is 20.7 Å². The highest BCUT2D eigenvalue weighted by Gasteiger charge is 2.28. The Balaban J connectivity index is 3.25. The maximum atomic E-state index is 13.9. The number of aliphatic hydroxyl groups excluding tert-OH is 1. The molecule has 3 N–H and O–H groups in total. The van der Waals surface area contributed by atoms with Crippen LogP contribution < -0.4 is 5.73 Å². The summed E-state index contributed by atoms with van der Waals surface area (Å²) in [5.74, 6) is -1.02. The van der Waals surface area contributed by atoms with E-state index in [1.807, 2.05) is 6.92 Å². The van der Waals surface area contributed by atoms with Gasteiger partial charge in [-0.2, -0.15) is 4.31 Å². The van der Waals surface area contributed by atoms with Gasteiger partial charge < -0.3 is 10.8 Å². The zero-order valence-corrected chi connectivity index (χ0v) is 12.7. The van der Waals surface area contributed by atoms with E-state index in [-0.39, 0.29) is 30.4 Å². The van der Waals surface area contributed by atoms with Gasteiger partial charge in [0.2, 0.25) is 10.0 Å². The first kappa shape index (κ1) is 17.2. The summed E-state index contributed by atoms with van der Waals surface area (Å²) in [5, 5.41) is 9.02. The SMILES string of the molecule is CCCCN(CCO)S(=O)(=O)c1cc(Cl)cc(N)c1F. The average molecular weight is 325 g/mol. The largest absolute Gasteiger partial charge is 0.396 e. The molecule has 0 saturated heterocycles. The smallest absolute Gasteiger partial charge is 0.246 e. The summed E-state index contributed by atoms with van der Waals surface area (Å²) in [4.78, 5) is -0.563. The zero-order valence-electron chi connectivity index (χ0n) is 11.1. The van der Waals surface area contributed by atoms with Crippen molar-refractivity contribution < 1.29 is 17.9 Å². The Morgan fingerprint density at radius 2 is 2.05 bits per heavy atom. The molecule has 114 valence electrons. The molecule has 0 spiro atoms. The van der Waals surface area contributed by atoms with Crippen molar-refractivity contribution in [3.63, 3.8) is 0 Å². The summed E-state index contributed by atoms with van der Waals surface area (Å²) in [5.41, 5.74) is 5.08. The van der Waals surface area contributed by atoms with Crippen LogP contribution >= 0.6 is 11.6 Å². The summed E-state index contributed by atoms with van der Waals surface area (Å²) < 4.78 is 39.8. The second-order valence-corrected chi connectivity index (χ2v) is 6.63. The lowest BCUT2D eigenvalue weighted by molar-refractivity contribution is 0.252. The van der Waals surface area contributed by atoms with Crippen molar-refractivity contribution >= 4 is 27.3 Å². The number of halogens is 2. The van der Waals surface area contributed by atoms with Gasteiger partial charge in [-0.05, 0) is 18.6 Å². The third-order valence-corrected chi connectivity index (χ3v) is 4.88. The molecule has 0 aromatic heterocycles. The molecule has 20 heavy (non-hydrogen) atoms. The fourth-order valence-corrected chi connectivity index (χ4v) is 3.59. The third-order valence-electron chi connectivity index (χ3n) is 2.76. The molecule has 1 aromatic carbocycles. The Bertz CT molecular complexity index is 566. The summed E-state index contributed by atoms with van der Waals surface area (Å²) >= 11 is 5.74. The van der Waals surface area contributed by atoms with Crippen molar-refractivity contribution in [2.45, 2.75) is 24.7 Å². The topological polar surface area (TPSA) is 83.6 Å². The van der Waals surface area contributed by atoms with E-state index in [2.05, 4.69) is 0 Å². The van der Waals surface area contributed by atoms with Gasteiger partial charge >= 0.3 is 0 Å². The standard InChI is InChI=1S/C12H18ClFN2O3S/c1-2-3-4-16(5-6-17)20(18,19)11-8-9(13)7-10(15)12(11)14/h7-8,17H,2-6,15H2,1H3. The molecule has 0 radical (unpaired) electrons. The lowest BCUT2D eigenvalue weighted by Crippen LogP contribution is -2.35. The van der Waals surface area contributed by atoms with Crippen molar-refractivity contribution in [2.24, 2.45) is 0 Å². The van der Waals surface area contributed by atoms with Crippen LogP contribution in [0, 0.1) is 5.82 Å². The molecule has 0 aliphatic rings. The van der Waals surface area contributed by atoms with Crippen molar-refractivity contribution in [1.29, 1.82) is 0 Å². The van der Waals surface area contributed by atoms with Crippen LogP contribution in [0.5, 0.6) is 0 Å². The van der Waals surface area contributed by atoms with Gasteiger partial charge in [-0.15, -0.1) is 0 Å². The predicted molar refractivity (Wildman–Crippen MR) is 76.6 cm³/mol. The first-order valence-corrected chi connectivity index (χ1v) is 8.02. The van der Waals surface area contributed by atoms with Gasteiger partial charge in [0.25, 0.3) is 0 Å². The van der Waals surface area contributed by atoms with Gasteiger partial charge in [0, 0.05) is 18.1 Å². The molecule has 0 fully saturated rings. The van der Waals surface area contributed by atoms with E-state index in [1.165, 1.54) is 0 Å². The number of nitrogen functional groups attached to an aromatic ring is 1. The van der Waals surface area contributed by atoms with Crippen LogP contribution in [0.3, 0.4) is 0 Å². The third kappa shape index (κ3) is 3.82. The fraction of sp³-hybridized carbons (Fsp3) is 0.500. The number of unbranched alkanes of at least 4 members (excludes halogenated alkanes) is 1. The summed E-state index contributed by atoms with van der Waals surface area (Å²) in [7, 11) is -4.08. The minimum Gasteiger partial charge on any atom is -0.396 e. The Morgan fingerprint density at radius 1 is 1.40 bits per heavy atom. The number of nitrogens with zero attached hydrogens (tertiary/aromatic N) is 1. The van der Waals surface area contributed by atoms with E-state index >= 15 is 0 Å². The number of hydrogen-bond acceptors (Lipinski definition) is 4. The minimum atomic E-state index is -4.08. The maximum Gasteiger partial charge on any atom is 0.246 e. The summed E-state index contributed by atoms with van der Waals surface area (Å²) in [6.07, 6.45) is 1.38. The Hall–Kier alpha value is -0.890. The quantitative estimate of drug-likeness (QED) is 0.750. The molecule has 1 aromatic rings. The van der Waals surface area contributed by atoms with E-state index in [0.29, 0.717) is 6.42 Å². The summed E-state index contributed by atoms with van der Waals surface area (Å²) in [6, 6.07) is 2.18. The molecular weight excluding hydrogens is 307 g/mol. The molecule has 0 saturated carbocycles. The van der Waals surface area contributed by atoms with Crippen molar-refractivity contribution in [2.75, 3.05) is 25.4 Å². The zero-order chi connectivity index (χ0) is 15.3. The minimum absolute atomic E-state index is 0.0434. The van der Waals surface area contributed by atoms with Crippen LogP contribution in [0.25, 0.3) is 0 Å². The Kier molecular flexibility index (Phi) is 6.19. The molecule has 0 aliphatic heterocycles. The van der Waals surface area contributed by atoms with Crippen LogP contribution in [0.15, 0.2) is 17.0 Å². The van der Waals surface area contributed by atoms with E-state index in [9.17, 15) is 12.8 Å². The molecular formula is C12H18ClFN2O3S. The normalized spacial score (nSPS) is 12.1. The van der Waals surface area contributed by atoms with E-state index in [0.717, 1.165) is 22.9 Å². The highest BCUT2D eigenvalue weighted by Crippen LogP contribution is 2.27. The van der Waals surface area contributed by atoms with Gasteiger partial charge in [-0.3, -0.25) is 0 Å². The molecule has 8 heteroatoms. The van der Waals surface area contributed by atoms with Crippen LogP contribution in [0.2, 0.25) is 5.02 Å². The number of sulfonamides is 1. The van der Waals surface area contributed by atoms with Crippen LogP contribution in [0.1, 0.15) is 19.8 Å². The van der Waals surface area contributed by atoms with Crippen molar-refractivity contribution in [3.8, 4) is 0 Å². The molecule has 0 bridgehead atoms. The van der Waals surface area contributed by atoms with Crippen LogP contribution in [-0.2, 0) is 10.0 Å². The lowest BCUT2D eigenvalue weighted by atomic mass is 10.3. The highest BCUT2D eigenvalue weighted by molar-refractivity contribution is 7.89. The van der Waals surface area contributed by atoms with E-state index in [4.69, 9.17) is 22.4 Å². The molecule has 0 atom stereocenters. The highest BCUT2D eigenvalue weighted by atomic mass is 35.5. The van der Waals surface area contributed by atoms with Crippen LogP contribution in [0.4, 0.5) is 10.1 Å². The van der Waals surface area contributed by atoms with Gasteiger partial charge in [-0.1, -0.05) is 24.9 Å². The van der Waals surface area contributed by atoms with Gasteiger partial charge in [0.15, 0.2) is 5.82 Å². The Morgan fingerprint density at radius 3 is 2.60 bits per heavy atom. The number of hydrogen-bond donors (Lipinski definition) is 2. The number of rotatable bonds is 7. The molecule has 0 unspecified atom stereocenters. The maximum absolute atomic E-state index is 13.9. The van der Waals surface area contributed by atoms with Gasteiger partial charge in [-0.25, -0.2) is 12.8 Å². The second-order valence-electron chi connectivity index (χ2n) is 4.29. The van der Waals surface area contributed by atoms with Crippen LogP contribution in [-0.4, -0.2) is 37.5 Å². The predicted octanol–water partition coefficient (Wildman–Crippen LogP) is 1.84. The second kappa shape index (κ2) is 7.21. The first-order valence-electron chi connectivity index (χ1n) is 6.20. The molecule has 0 heterocycles. The number of benzene rings is 1. The molecule has 1 rings (SSSR count). The summed E-state index contributed by atoms with van der Waals surface area (Å²) in [6.45, 7) is 1.65. The monoisotopic (exact) mass is 324 g/mol. The average Bonchev–Trinajstić information content (AvgIpc) is 2.38. The van der Waals surface area contributed by atoms with Gasteiger partial charge in [0.05, 0.1) is 12.3 Å². The van der Waals surface area contributed by atoms with E-state index in [1.54, 1.807) is 0 Å². The Labute approximate surface area is 123 Å². The lowest BCUT2D eigenvalue weighted by Gasteiger charge is -2.21. The molecule has 0 aliphatic carbocycles. The molecule has 0 amide bonds.